The highest BCUT2D eigenvalue weighted by molar-refractivity contribution is 5.84. The van der Waals surface area contributed by atoms with Crippen LogP contribution in [0.1, 0.15) is 91.4 Å². The fourth-order valence-corrected chi connectivity index (χ4v) is 2.59. The molecule has 5 heteroatoms. The standard InChI is InChI=1S/C21H42N2O3/c1-21(2,3)19(24)13-12-14-20(25)23-16-9-5-7-11-18-26-17-10-6-4-8-15-22/h4-18,22H2,1-3H3,(H,23,25). The number of carbonyl (C=O) groups excluding carboxylic acids is 2. The summed E-state index contributed by atoms with van der Waals surface area (Å²) < 4.78 is 5.62. The molecule has 0 unspecified atom stereocenters. The van der Waals surface area contributed by atoms with Gasteiger partial charge in [-0.05, 0) is 38.6 Å². The summed E-state index contributed by atoms with van der Waals surface area (Å²) in [4.78, 5) is 23.5. The molecule has 0 heterocycles. The average molecular weight is 371 g/mol. The molecule has 0 aromatic carbocycles. The minimum Gasteiger partial charge on any atom is -0.381 e. The number of nitrogens with two attached hydrogens (primary N) is 1. The van der Waals surface area contributed by atoms with Crippen LogP contribution in [0.3, 0.4) is 0 Å². The van der Waals surface area contributed by atoms with E-state index >= 15 is 0 Å². The summed E-state index contributed by atoms with van der Waals surface area (Å²) in [6, 6.07) is 0. The maximum atomic E-state index is 11.8. The second-order valence-electron chi connectivity index (χ2n) is 8.11. The highest BCUT2D eigenvalue weighted by Gasteiger charge is 2.20. The zero-order valence-electron chi connectivity index (χ0n) is 17.4. The Morgan fingerprint density at radius 3 is 1.96 bits per heavy atom. The number of carbonyl (C=O) groups is 2. The first-order valence-corrected chi connectivity index (χ1v) is 10.5. The predicted octanol–water partition coefficient (Wildman–Crippen LogP) is 3.98. The van der Waals surface area contributed by atoms with Crippen LogP contribution in [-0.4, -0.2) is 38.0 Å². The number of ether oxygens (including phenoxy) is 1. The van der Waals surface area contributed by atoms with Gasteiger partial charge in [-0.25, -0.2) is 0 Å². The van der Waals surface area contributed by atoms with Crippen LogP contribution in [0.4, 0.5) is 0 Å². The maximum Gasteiger partial charge on any atom is 0.220 e. The summed E-state index contributed by atoms with van der Waals surface area (Å²) in [5.41, 5.74) is 5.15. The molecule has 0 aliphatic carbocycles. The predicted molar refractivity (Wildman–Crippen MR) is 108 cm³/mol. The third kappa shape index (κ3) is 16.5. The van der Waals surface area contributed by atoms with E-state index < -0.39 is 0 Å². The second kappa shape index (κ2) is 16.2. The number of ketones is 1. The van der Waals surface area contributed by atoms with Gasteiger partial charge in [-0.15, -0.1) is 0 Å². The molecule has 0 radical (unpaired) electrons. The van der Waals surface area contributed by atoms with Crippen molar-refractivity contribution in [3.8, 4) is 0 Å². The van der Waals surface area contributed by atoms with Crippen LogP contribution < -0.4 is 11.1 Å². The molecule has 5 nitrogen and oxygen atoms in total. The van der Waals surface area contributed by atoms with Crippen molar-refractivity contribution in [1.29, 1.82) is 0 Å². The number of rotatable bonds is 17. The van der Waals surface area contributed by atoms with Crippen molar-refractivity contribution in [1.82, 2.24) is 5.32 Å². The Bertz CT molecular complexity index is 365. The van der Waals surface area contributed by atoms with Crippen molar-refractivity contribution >= 4 is 11.7 Å². The molecule has 0 aromatic heterocycles. The monoisotopic (exact) mass is 370 g/mol. The van der Waals surface area contributed by atoms with Crippen LogP contribution >= 0.6 is 0 Å². The van der Waals surface area contributed by atoms with Gasteiger partial charge in [-0.1, -0.05) is 46.5 Å². The minimum atomic E-state index is -0.301. The number of amides is 1. The molecule has 3 N–H and O–H groups in total. The Morgan fingerprint density at radius 2 is 1.38 bits per heavy atom. The summed E-state index contributed by atoms with van der Waals surface area (Å²) in [6.45, 7) is 8.98. The SMILES string of the molecule is CC(C)(C)C(=O)CCCC(=O)NCCCCCCOCCCCCCN. The zero-order chi connectivity index (χ0) is 19.7. The third-order valence-corrected chi connectivity index (χ3v) is 4.42. The summed E-state index contributed by atoms with van der Waals surface area (Å²) in [6.07, 6.45) is 10.6. The Kier molecular flexibility index (Phi) is 15.7. The fraction of sp³-hybridized carbons (Fsp3) is 0.905. The van der Waals surface area contributed by atoms with Gasteiger partial charge in [-0.3, -0.25) is 9.59 Å². The van der Waals surface area contributed by atoms with Gasteiger partial charge in [0.05, 0.1) is 0 Å². The second-order valence-corrected chi connectivity index (χ2v) is 8.11. The lowest BCUT2D eigenvalue weighted by molar-refractivity contribution is -0.126. The number of nitrogens with one attached hydrogen (secondary N) is 1. The molecule has 0 bridgehead atoms. The fourth-order valence-electron chi connectivity index (χ4n) is 2.59. The molecule has 0 saturated heterocycles. The topological polar surface area (TPSA) is 81.4 Å². The van der Waals surface area contributed by atoms with Crippen molar-refractivity contribution in [2.45, 2.75) is 91.4 Å². The van der Waals surface area contributed by atoms with Gasteiger partial charge in [0.25, 0.3) is 0 Å². The van der Waals surface area contributed by atoms with Gasteiger partial charge < -0.3 is 15.8 Å². The molecule has 0 saturated carbocycles. The third-order valence-electron chi connectivity index (χ3n) is 4.42. The molecule has 26 heavy (non-hydrogen) atoms. The largest absolute Gasteiger partial charge is 0.381 e. The summed E-state index contributed by atoms with van der Waals surface area (Å²) in [5, 5.41) is 2.94. The molecular formula is C21H42N2O3. The van der Waals surface area contributed by atoms with Crippen molar-refractivity contribution in [3.63, 3.8) is 0 Å². The van der Waals surface area contributed by atoms with E-state index in [0.29, 0.717) is 19.3 Å². The van der Waals surface area contributed by atoms with Gasteiger partial charge in [0, 0.05) is 38.0 Å². The number of hydrogen-bond acceptors (Lipinski definition) is 4. The number of hydrogen-bond donors (Lipinski definition) is 2. The highest BCUT2D eigenvalue weighted by atomic mass is 16.5. The zero-order valence-corrected chi connectivity index (χ0v) is 17.4. The van der Waals surface area contributed by atoms with E-state index in [1.807, 2.05) is 20.8 Å². The van der Waals surface area contributed by atoms with Crippen molar-refractivity contribution in [3.05, 3.63) is 0 Å². The van der Waals surface area contributed by atoms with E-state index in [0.717, 1.165) is 64.8 Å². The van der Waals surface area contributed by atoms with E-state index in [1.165, 1.54) is 12.8 Å². The molecular weight excluding hydrogens is 328 g/mol. The van der Waals surface area contributed by atoms with Gasteiger partial charge >= 0.3 is 0 Å². The molecule has 0 aromatic rings. The van der Waals surface area contributed by atoms with E-state index in [2.05, 4.69) is 5.32 Å². The molecule has 0 aliphatic heterocycles. The first-order chi connectivity index (χ1) is 12.4. The molecule has 0 fully saturated rings. The van der Waals surface area contributed by atoms with E-state index in [-0.39, 0.29) is 17.1 Å². The molecule has 0 aliphatic rings. The Morgan fingerprint density at radius 1 is 0.808 bits per heavy atom. The molecule has 0 rings (SSSR count). The summed E-state index contributed by atoms with van der Waals surface area (Å²) in [5.74, 6) is 0.285. The first kappa shape index (κ1) is 25.1. The quantitative estimate of drug-likeness (QED) is 0.379. The number of Topliss-reactive ketones (excluding diaryl/α,β-unsaturated/α-hetero) is 1. The summed E-state index contributed by atoms with van der Waals surface area (Å²) in [7, 11) is 0. The maximum absolute atomic E-state index is 11.8. The number of unbranched alkanes of at least 4 members (excludes halogenated alkanes) is 6. The highest BCUT2D eigenvalue weighted by Crippen LogP contribution is 2.18. The lowest BCUT2D eigenvalue weighted by Gasteiger charge is -2.16. The smallest absolute Gasteiger partial charge is 0.220 e. The molecule has 0 spiro atoms. The first-order valence-electron chi connectivity index (χ1n) is 10.5. The van der Waals surface area contributed by atoms with Crippen LogP contribution in [0.15, 0.2) is 0 Å². The van der Waals surface area contributed by atoms with Gasteiger partial charge in [-0.2, -0.15) is 0 Å². The van der Waals surface area contributed by atoms with Crippen molar-refractivity contribution < 1.29 is 14.3 Å². The molecule has 154 valence electrons. The lowest BCUT2D eigenvalue weighted by Crippen LogP contribution is -2.25. The summed E-state index contributed by atoms with van der Waals surface area (Å²) >= 11 is 0. The van der Waals surface area contributed by atoms with Crippen molar-refractivity contribution in [2.24, 2.45) is 11.1 Å². The van der Waals surface area contributed by atoms with Gasteiger partial charge in [0.15, 0.2) is 0 Å². The van der Waals surface area contributed by atoms with E-state index in [4.69, 9.17) is 10.5 Å². The lowest BCUT2D eigenvalue weighted by atomic mass is 9.88. The average Bonchev–Trinajstić information content (AvgIpc) is 2.58. The van der Waals surface area contributed by atoms with Gasteiger partial charge in [0.2, 0.25) is 5.91 Å². The van der Waals surface area contributed by atoms with Crippen LogP contribution in [0, 0.1) is 5.41 Å². The Hall–Kier alpha value is -0.940. The van der Waals surface area contributed by atoms with Crippen molar-refractivity contribution in [2.75, 3.05) is 26.3 Å². The Labute approximate surface area is 160 Å². The van der Waals surface area contributed by atoms with Crippen LogP contribution in [0.5, 0.6) is 0 Å². The van der Waals surface area contributed by atoms with E-state index in [1.54, 1.807) is 0 Å². The Balaban J connectivity index is 3.29. The van der Waals surface area contributed by atoms with Gasteiger partial charge in [0.1, 0.15) is 5.78 Å². The van der Waals surface area contributed by atoms with Crippen LogP contribution in [0.25, 0.3) is 0 Å². The molecule has 1 amide bonds. The van der Waals surface area contributed by atoms with E-state index in [9.17, 15) is 9.59 Å². The van der Waals surface area contributed by atoms with Crippen LogP contribution in [-0.2, 0) is 14.3 Å². The molecule has 0 atom stereocenters. The van der Waals surface area contributed by atoms with Crippen LogP contribution in [0.2, 0.25) is 0 Å². The minimum absolute atomic E-state index is 0.0599. The normalized spacial score (nSPS) is 11.5.